The molecule has 1 atom stereocenters. The molecule has 2 heterocycles. The molecule has 0 bridgehead atoms. The van der Waals surface area contributed by atoms with Crippen molar-refractivity contribution in [2.24, 2.45) is 0 Å². The number of tetrazole rings is 1. The number of aryl methyl sites for hydroxylation is 1. The molecule has 2 aromatic heterocycles. The SMILES string of the molecule is Cc1cc2c(ccc3nnnn32)c(-c2ccc(Cl)cc2)c1C(OC(C)(C)C)C(=O)O. The van der Waals surface area contributed by atoms with E-state index in [2.05, 4.69) is 15.5 Å². The van der Waals surface area contributed by atoms with Crippen molar-refractivity contribution in [2.45, 2.75) is 39.4 Å². The number of benzene rings is 2. The van der Waals surface area contributed by atoms with E-state index in [1.54, 1.807) is 22.7 Å². The highest BCUT2D eigenvalue weighted by Gasteiger charge is 2.31. The number of fused-ring (bicyclic) bond motifs is 3. The lowest BCUT2D eigenvalue weighted by Crippen LogP contribution is -2.28. The molecule has 0 amide bonds. The number of aromatic nitrogens is 4. The molecule has 0 saturated heterocycles. The number of ether oxygens (including phenoxy) is 1. The van der Waals surface area contributed by atoms with Gasteiger partial charge in [0.25, 0.3) is 0 Å². The van der Waals surface area contributed by atoms with Crippen molar-refractivity contribution >= 4 is 34.1 Å². The molecule has 0 saturated carbocycles. The molecule has 1 N–H and O–H groups in total. The summed E-state index contributed by atoms with van der Waals surface area (Å²) in [6.45, 7) is 7.39. The predicted molar refractivity (Wildman–Crippen MR) is 115 cm³/mol. The third kappa shape index (κ3) is 3.62. The van der Waals surface area contributed by atoms with Gasteiger partial charge in [-0.05, 0) is 85.1 Å². The first kappa shape index (κ1) is 20.3. The van der Waals surface area contributed by atoms with Crippen molar-refractivity contribution in [2.75, 3.05) is 0 Å². The minimum atomic E-state index is -1.15. The van der Waals surface area contributed by atoms with E-state index in [0.29, 0.717) is 16.2 Å². The average molecular weight is 425 g/mol. The molecule has 4 rings (SSSR count). The van der Waals surface area contributed by atoms with Gasteiger partial charge in [0.1, 0.15) is 0 Å². The van der Waals surface area contributed by atoms with Crippen molar-refractivity contribution in [3.8, 4) is 11.1 Å². The Morgan fingerprint density at radius 1 is 1.17 bits per heavy atom. The number of rotatable bonds is 4. The molecule has 4 aromatic rings. The maximum Gasteiger partial charge on any atom is 0.337 e. The maximum absolute atomic E-state index is 12.3. The van der Waals surface area contributed by atoms with Gasteiger partial charge in [0.05, 0.1) is 11.1 Å². The van der Waals surface area contributed by atoms with Crippen LogP contribution >= 0.6 is 11.6 Å². The lowest BCUT2D eigenvalue weighted by molar-refractivity contribution is -0.160. The van der Waals surface area contributed by atoms with E-state index in [0.717, 1.165) is 27.6 Å². The summed E-state index contributed by atoms with van der Waals surface area (Å²) in [5.74, 6) is -1.05. The Hall–Kier alpha value is -3.03. The fourth-order valence-electron chi connectivity index (χ4n) is 3.65. The van der Waals surface area contributed by atoms with Crippen LogP contribution in [0.15, 0.2) is 42.5 Å². The van der Waals surface area contributed by atoms with Crippen LogP contribution in [-0.2, 0) is 9.53 Å². The lowest BCUT2D eigenvalue weighted by Gasteiger charge is -2.28. The third-order valence-corrected chi connectivity index (χ3v) is 5.06. The van der Waals surface area contributed by atoms with Gasteiger partial charge in [-0.3, -0.25) is 0 Å². The van der Waals surface area contributed by atoms with E-state index in [1.165, 1.54) is 0 Å². The molecule has 2 aromatic carbocycles. The van der Waals surface area contributed by atoms with Gasteiger partial charge in [-0.1, -0.05) is 23.7 Å². The van der Waals surface area contributed by atoms with E-state index >= 15 is 0 Å². The van der Waals surface area contributed by atoms with Crippen LogP contribution in [0.5, 0.6) is 0 Å². The summed E-state index contributed by atoms with van der Waals surface area (Å²) in [6.07, 6.45) is -1.15. The Morgan fingerprint density at radius 3 is 2.50 bits per heavy atom. The predicted octanol–water partition coefficient (Wildman–Crippen LogP) is 4.85. The van der Waals surface area contributed by atoms with Crippen molar-refractivity contribution in [1.82, 2.24) is 20.0 Å². The number of nitrogens with zero attached hydrogens (tertiary/aromatic N) is 4. The monoisotopic (exact) mass is 424 g/mol. The average Bonchev–Trinajstić information content (AvgIpc) is 3.14. The molecule has 154 valence electrons. The molecule has 0 aliphatic heterocycles. The fourth-order valence-corrected chi connectivity index (χ4v) is 3.78. The van der Waals surface area contributed by atoms with Gasteiger partial charge in [-0.15, -0.1) is 5.10 Å². The normalized spacial score (nSPS) is 13.1. The maximum atomic E-state index is 12.3. The molecule has 7 nitrogen and oxygen atoms in total. The van der Waals surface area contributed by atoms with Gasteiger partial charge < -0.3 is 9.84 Å². The highest BCUT2D eigenvalue weighted by molar-refractivity contribution is 6.30. The second kappa shape index (κ2) is 7.34. The number of hydrogen-bond donors (Lipinski definition) is 1. The summed E-state index contributed by atoms with van der Waals surface area (Å²) in [6, 6.07) is 12.9. The fraction of sp³-hybridized carbons (Fsp3) is 0.273. The van der Waals surface area contributed by atoms with E-state index in [-0.39, 0.29) is 0 Å². The number of hydrogen-bond acceptors (Lipinski definition) is 5. The van der Waals surface area contributed by atoms with Crippen LogP contribution in [0.25, 0.3) is 27.7 Å². The third-order valence-electron chi connectivity index (χ3n) is 4.80. The first-order valence-corrected chi connectivity index (χ1v) is 9.84. The molecule has 0 aliphatic rings. The van der Waals surface area contributed by atoms with Gasteiger partial charge in [0.2, 0.25) is 0 Å². The summed E-state index contributed by atoms with van der Waals surface area (Å²) in [5, 5.41) is 23.3. The van der Waals surface area contributed by atoms with E-state index in [9.17, 15) is 9.90 Å². The summed E-state index contributed by atoms with van der Waals surface area (Å²) in [5.41, 5.74) is 3.70. The van der Waals surface area contributed by atoms with Crippen LogP contribution in [-0.4, -0.2) is 36.7 Å². The smallest absolute Gasteiger partial charge is 0.337 e. The van der Waals surface area contributed by atoms with Crippen molar-refractivity contribution in [3.05, 3.63) is 58.6 Å². The molecule has 30 heavy (non-hydrogen) atoms. The number of carboxylic acid groups (broad SMARTS) is 1. The Morgan fingerprint density at radius 2 is 1.87 bits per heavy atom. The van der Waals surface area contributed by atoms with Gasteiger partial charge in [0, 0.05) is 16.0 Å². The number of carboxylic acids is 1. The summed E-state index contributed by atoms with van der Waals surface area (Å²) < 4.78 is 7.65. The number of pyridine rings is 1. The first-order chi connectivity index (χ1) is 14.2. The molecular weight excluding hydrogens is 404 g/mol. The Balaban J connectivity index is 2.11. The molecule has 1 unspecified atom stereocenters. The second-order valence-corrected chi connectivity index (χ2v) is 8.59. The van der Waals surface area contributed by atoms with E-state index in [4.69, 9.17) is 16.3 Å². The van der Waals surface area contributed by atoms with Crippen molar-refractivity contribution < 1.29 is 14.6 Å². The standard InChI is InChI=1S/C22H21ClN4O3/c1-12-11-16-15(9-10-17-24-25-26-27(16)17)19(13-5-7-14(23)8-6-13)18(12)20(21(28)29)30-22(2,3)4/h5-11,20H,1-4H3,(H,28,29). The Kier molecular flexibility index (Phi) is 4.95. The zero-order valence-electron chi connectivity index (χ0n) is 17.0. The van der Waals surface area contributed by atoms with Gasteiger partial charge >= 0.3 is 5.97 Å². The van der Waals surface area contributed by atoms with Crippen molar-refractivity contribution in [3.63, 3.8) is 0 Å². The lowest BCUT2D eigenvalue weighted by atomic mass is 9.88. The van der Waals surface area contributed by atoms with Gasteiger partial charge in [-0.2, -0.15) is 4.52 Å². The minimum absolute atomic E-state index is 0.597. The van der Waals surface area contributed by atoms with Gasteiger partial charge in [-0.25, -0.2) is 4.79 Å². The van der Waals surface area contributed by atoms with Crippen LogP contribution in [0.1, 0.15) is 38.0 Å². The molecule has 8 heteroatoms. The van der Waals surface area contributed by atoms with E-state index < -0.39 is 17.7 Å². The van der Waals surface area contributed by atoms with Crippen LogP contribution in [0.4, 0.5) is 0 Å². The quantitative estimate of drug-likeness (QED) is 0.503. The minimum Gasteiger partial charge on any atom is -0.479 e. The highest BCUT2D eigenvalue weighted by atomic mass is 35.5. The van der Waals surface area contributed by atoms with Crippen LogP contribution in [0.2, 0.25) is 5.02 Å². The van der Waals surface area contributed by atoms with E-state index in [1.807, 2.05) is 52.0 Å². The molecular formula is C22H21ClN4O3. The number of carbonyl (C=O) groups is 1. The van der Waals surface area contributed by atoms with Crippen LogP contribution in [0.3, 0.4) is 0 Å². The second-order valence-electron chi connectivity index (χ2n) is 8.15. The van der Waals surface area contributed by atoms with Crippen molar-refractivity contribution in [1.29, 1.82) is 0 Å². The Labute approximate surface area is 178 Å². The molecule has 0 radical (unpaired) electrons. The van der Waals surface area contributed by atoms with Crippen LogP contribution < -0.4 is 0 Å². The highest BCUT2D eigenvalue weighted by Crippen LogP contribution is 2.40. The van der Waals surface area contributed by atoms with Crippen LogP contribution in [0, 0.1) is 6.92 Å². The molecule has 0 fully saturated rings. The number of halogens is 1. The largest absolute Gasteiger partial charge is 0.479 e. The zero-order valence-corrected chi connectivity index (χ0v) is 17.8. The summed E-state index contributed by atoms with van der Waals surface area (Å²) >= 11 is 6.10. The topological polar surface area (TPSA) is 89.6 Å². The summed E-state index contributed by atoms with van der Waals surface area (Å²) in [7, 11) is 0. The zero-order chi connectivity index (χ0) is 21.6. The Bertz CT molecular complexity index is 1260. The molecule has 0 aliphatic carbocycles. The summed E-state index contributed by atoms with van der Waals surface area (Å²) in [4.78, 5) is 12.3. The first-order valence-electron chi connectivity index (χ1n) is 9.46. The van der Waals surface area contributed by atoms with Gasteiger partial charge in [0.15, 0.2) is 11.8 Å². The number of aliphatic carboxylic acids is 1. The molecule has 0 spiro atoms.